The maximum Gasteiger partial charge on any atom is 0.320 e. The molecule has 5 nitrogen and oxygen atoms in total. The summed E-state index contributed by atoms with van der Waals surface area (Å²) < 4.78 is 13.0. The molecule has 1 aromatic carbocycles. The first kappa shape index (κ1) is 17.4. The maximum absolute atomic E-state index is 13.0. The number of halogens is 1. The number of rotatable bonds is 7. The second kappa shape index (κ2) is 7.08. The standard InChI is InChI=1S/C17H23FN2O3/c1-11(13-4-6-14(18)7-5-13)19(3)16(21)10-20(15-8-9-15)12(2)17(22)23/h4-7,11-12,15H,8-10H2,1-3H3,(H,22,23). The number of carboxylic acids is 1. The summed E-state index contributed by atoms with van der Waals surface area (Å²) in [5.41, 5.74) is 0.839. The average Bonchev–Trinajstić information content (AvgIpc) is 3.35. The first-order chi connectivity index (χ1) is 10.8. The molecule has 0 bridgehead atoms. The van der Waals surface area contributed by atoms with Gasteiger partial charge in [-0.2, -0.15) is 0 Å². The van der Waals surface area contributed by atoms with Crippen molar-refractivity contribution in [2.75, 3.05) is 13.6 Å². The molecule has 2 rings (SSSR count). The van der Waals surface area contributed by atoms with Crippen LogP contribution in [-0.4, -0.2) is 52.5 Å². The SMILES string of the molecule is CC(c1ccc(F)cc1)N(C)C(=O)CN(C1CC1)C(C)C(=O)O. The molecule has 0 radical (unpaired) electrons. The maximum atomic E-state index is 13.0. The lowest BCUT2D eigenvalue weighted by Gasteiger charge is -2.30. The molecule has 0 aromatic heterocycles. The Morgan fingerprint density at radius 1 is 1.26 bits per heavy atom. The molecule has 0 aliphatic heterocycles. The van der Waals surface area contributed by atoms with Gasteiger partial charge >= 0.3 is 5.97 Å². The van der Waals surface area contributed by atoms with Crippen molar-refractivity contribution in [3.05, 3.63) is 35.6 Å². The number of amides is 1. The number of hydrogen-bond acceptors (Lipinski definition) is 3. The quantitative estimate of drug-likeness (QED) is 0.837. The number of carboxylic acid groups (broad SMARTS) is 1. The van der Waals surface area contributed by atoms with Crippen LogP contribution < -0.4 is 0 Å². The second-order valence-corrected chi connectivity index (χ2v) is 6.15. The topological polar surface area (TPSA) is 60.9 Å². The zero-order valence-corrected chi connectivity index (χ0v) is 13.7. The highest BCUT2D eigenvalue weighted by atomic mass is 19.1. The van der Waals surface area contributed by atoms with E-state index in [9.17, 15) is 19.1 Å². The van der Waals surface area contributed by atoms with Crippen molar-refractivity contribution in [1.29, 1.82) is 0 Å². The summed E-state index contributed by atoms with van der Waals surface area (Å²) in [4.78, 5) is 27.1. The van der Waals surface area contributed by atoms with E-state index >= 15 is 0 Å². The van der Waals surface area contributed by atoms with E-state index in [2.05, 4.69) is 0 Å². The fourth-order valence-corrected chi connectivity index (χ4v) is 2.58. The molecule has 6 heteroatoms. The van der Waals surface area contributed by atoms with Crippen LogP contribution in [-0.2, 0) is 9.59 Å². The van der Waals surface area contributed by atoms with Crippen LogP contribution in [0.15, 0.2) is 24.3 Å². The molecule has 1 aliphatic rings. The Bertz CT molecular complexity index is 572. The number of likely N-dealkylation sites (N-methyl/N-ethyl adjacent to an activating group) is 1. The summed E-state index contributed by atoms with van der Waals surface area (Å²) in [6.45, 7) is 3.56. The van der Waals surface area contributed by atoms with Crippen molar-refractivity contribution >= 4 is 11.9 Å². The zero-order chi connectivity index (χ0) is 17.1. The molecular formula is C17H23FN2O3. The third-order valence-corrected chi connectivity index (χ3v) is 4.52. The zero-order valence-electron chi connectivity index (χ0n) is 13.7. The number of nitrogens with zero attached hydrogens (tertiary/aromatic N) is 2. The van der Waals surface area contributed by atoms with E-state index in [1.54, 1.807) is 35.9 Å². The first-order valence-corrected chi connectivity index (χ1v) is 7.81. The van der Waals surface area contributed by atoms with Gasteiger partial charge in [-0.25, -0.2) is 4.39 Å². The molecule has 1 amide bonds. The van der Waals surface area contributed by atoms with Crippen LogP contribution in [0.5, 0.6) is 0 Å². The number of carbonyl (C=O) groups is 2. The largest absolute Gasteiger partial charge is 0.480 e. The minimum atomic E-state index is -0.918. The van der Waals surface area contributed by atoms with Crippen LogP contribution in [0.3, 0.4) is 0 Å². The second-order valence-electron chi connectivity index (χ2n) is 6.15. The predicted molar refractivity (Wildman–Crippen MR) is 84.4 cm³/mol. The summed E-state index contributed by atoms with van der Waals surface area (Å²) in [6, 6.07) is 5.34. The third-order valence-electron chi connectivity index (χ3n) is 4.52. The van der Waals surface area contributed by atoms with Gasteiger partial charge in [-0.3, -0.25) is 14.5 Å². The Hall–Kier alpha value is -1.95. The van der Waals surface area contributed by atoms with E-state index in [0.29, 0.717) is 0 Å². The summed E-state index contributed by atoms with van der Waals surface area (Å²) in [7, 11) is 1.69. The predicted octanol–water partition coefficient (Wildman–Crippen LogP) is 2.28. The van der Waals surface area contributed by atoms with Crippen LogP contribution in [0, 0.1) is 5.82 Å². The van der Waals surface area contributed by atoms with Crippen molar-refractivity contribution in [2.24, 2.45) is 0 Å². The Labute approximate surface area is 135 Å². The summed E-state index contributed by atoms with van der Waals surface area (Å²) in [5, 5.41) is 9.19. The van der Waals surface area contributed by atoms with E-state index in [1.807, 2.05) is 6.92 Å². The minimum absolute atomic E-state index is 0.0835. The minimum Gasteiger partial charge on any atom is -0.480 e. The number of aliphatic carboxylic acids is 1. The van der Waals surface area contributed by atoms with Gasteiger partial charge in [0.05, 0.1) is 12.6 Å². The molecule has 126 valence electrons. The van der Waals surface area contributed by atoms with Gasteiger partial charge in [0.15, 0.2) is 0 Å². The molecule has 23 heavy (non-hydrogen) atoms. The molecule has 2 unspecified atom stereocenters. The molecule has 1 fully saturated rings. The van der Waals surface area contributed by atoms with Crippen molar-refractivity contribution in [3.63, 3.8) is 0 Å². The van der Waals surface area contributed by atoms with Crippen molar-refractivity contribution in [2.45, 2.75) is 44.8 Å². The average molecular weight is 322 g/mol. The Morgan fingerprint density at radius 2 is 1.83 bits per heavy atom. The highest BCUT2D eigenvalue weighted by molar-refractivity contribution is 5.80. The van der Waals surface area contributed by atoms with Crippen LogP contribution >= 0.6 is 0 Å². The lowest BCUT2D eigenvalue weighted by molar-refractivity contribution is -0.144. The van der Waals surface area contributed by atoms with Crippen molar-refractivity contribution < 1.29 is 19.1 Å². The molecular weight excluding hydrogens is 299 g/mol. The van der Waals surface area contributed by atoms with Crippen LogP contribution in [0.2, 0.25) is 0 Å². The summed E-state index contributed by atoms with van der Waals surface area (Å²) in [5.74, 6) is -1.37. The van der Waals surface area contributed by atoms with E-state index in [0.717, 1.165) is 18.4 Å². The molecule has 0 saturated heterocycles. The van der Waals surface area contributed by atoms with Gasteiger partial charge in [-0.1, -0.05) is 12.1 Å². The monoisotopic (exact) mass is 322 g/mol. The molecule has 1 aromatic rings. The van der Waals surface area contributed by atoms with Gasteiger partial charge in [0.2, 0.25) is 5.91 Å². The Morgan fingerprint density at radius 3 is 2.30 bits per heavy atom. The molecule has 0 heterocycles. The fraction of sp³-hybridized carbons (Fsp3) is 0.529. The van der Waals surface area contributed by atoms with E-state index in [1.165, 1.54) is 12.1 Å². The van der Waals surface area contributed by atoms with Gasteiger partial charge < -0.3 is 10.0 Å². The summed E-state index contributed by atoms with van der Waals surface area (Å²) >= 11 is 0. The van der Waals surface area contributed by atoms with E-state index in [4.69, 9.17) is 0 Å². The molecule has 2 atom stereocenters. The van der Waals surface area contributed by atoms with Crippen LogP contribution in [0.4, 0.5) is 4.39 Å². The van der Waals surface area contributed by atoms with Crippen molar-refractivity contribution in [1.82, 2.24) is 9.80 Å². The lowest BCUT2D eigenvalue weighted by atomic mass is 10.1. The van der Waals surface area contributed by atoms with E-state index < -0.39 is 12.0 Å². The van der Waals surface area contributed by atoms with Gasteiger partial charge in [-0.15, -0.1) is 0 Å². The van der Waals surface area contributed by atoms with Crippen LogP contribution in [0.1, 0.15) is 38.3 Å². The molecule has 0 spiro atoms. The highest BCUT2D eigenvalue weighted by Gasteiger charge is 2.37. The fourth-order valence-electron chi connectivity index (χ4n) is 2.58. The van der Waals surface area contributed by atoms with Gasteiger partial charge in [0.25, 0.3) is 0 Å². The normalized spacial score (nSPS) is 16.9. The number of benzene rings is 1. The smallest absolute Gasteiger partial charge is 0.320 e. The number of hydrogen-bond donors (Lipinski definition) is 1. The third kappa shape index (κ3) is 4.28. The summed E-state index contributed by atoms with van der Waals surface area (Å²) in [6.07, 6.45) is 1.87. The lowest BCUT2D eigenvalue weighted by Crippen LogP contribution is -2.47. The van der Waals surface area contributed by atoms with Gasteiger partial charge in [0, 0.05) is 13.1 Å². The first-order valence-electron chi connectivity index (χ1n) is 7.81. The molecule has 1 aliphatic carbocycles. The van der Waals surface area contributed by atoms with E-state index in [-0.39, 0.29) is 30.4 Å². The Balaban J connectivity index is 2.03. The highest BCUT2D eigenvalue weighted by Crippen LogP contribution is 2.29. The Kier molecular flexibility index (Phi) is 5.36. The van der Waals surface area contributed by atoms with Gasteiger partial charge in [0.1, 0.15) is 11.9 Å². The molecule has 1 saturated carbocycles. The van der Waals surface area contributed by atoms with Crippen LogP contribution in [0.25, 0.3) is 0 Å². The molecule has 1 N–H and O–H groups in total. The van der Waals surface area contributed by atoms with Crippen molar-refractivity contribution in [3.8, 4) is 0 Å². The van der Waals surface area contributed by atoms with Gasteiger partial charge in [-0.05, 0) is 44.4 Å². The number of carbonyl (C=O) groups excluding carboxylic acids is 1.